The van der Waals surface area contributed by atoms with Crippen LogP contribution in [0.3, 0.4) is 0 Å². The van der Waals surface area contributed by atoms with Crippen molar-refractivity contribution in [3.05, 3.63) is 53.9 Å². The number of nitrogens with one attached hydrogen (secondary N) is 2. The third-order valence-corrected chi connectivity index (χ3v) is 5.61. The molecule has 2 atom stereocenters. The summed E-state index contributed by atoms with van der Waals surface area (Å²) in [5.74, 6) is 2.64. The van der Waals surface area contributed by atoms with Crippen molar-refractivity contribution in [2.75, 3.05) is 13.2 Å². The number of aromatic nitrogens is 2. The van der Waals surface area contributed by atoms with Crippen LogP contribution in [0, 0.1) is 0 Å². The molecule has 0 saturated heterocycles. The Morgan fingerprint density at radius 3 is 2.82 bits per heavy atom. The Morgan fingerprint density at radius 2 is 1.93 bits per heavy atom. The Bertz CT molecular complexity index is 980. The van der Waals surface area contributed by atoms with Gasteiger partial charge in [0, 0.05) is 17.5 Å². The highest BCUT2D eigenvalue weighted by Crippen LogP contribution is 2.33. The van der Waals surface area contributed by atoms with Crippen molar-refractivity contribution < 1.29 is 14.3 Å². The van der Waals surface area contributed by atoms with Crippen LogP contribution in [0.1, 0.15) is 47.8 Å². The van der Waals surface area contributed by atoms with Crippen molar-refractivity contribution in [2.24, 2.45) is 0 Å². The maximum Gasteiger partial charge on any atom is 0.251 e. The normalized spacial score (nSPS) is 21.4. The number of nitrogens with zero attached hydrogens (tertiary/aromatic N) is 1. The number of hydrogen-bond acceptors (Lipinski definition) is 4. The van der Waals surface area contributed by atoms with E-state index in [1.807, 2.05) is 24.3 Å². The van der Waals surface area contributed by atoms with Gasteiger partial charge < -0.3 is 19.8 Å². The lowest BCUT2D eigenvalue weighted by Gasteiger charge is -2.29. The molecule has 6 nitrogen and oxygen atoms in total. The van der Waals surface area contributed by atoms with E-state index in [-0.39, 0.29) is 11.9 Å². The smallest absolute Gasteiger partial charge is 0.251 e. The number of amides is 1. The summed E-state index contributed by atoms with van der Waals surface area (Å²) in [6.45, 7) is 1.06. The molecule has 1 saturated carbocycles. The minimum atomic E-state index is -0.0628. The summed E-state index contributed by atoms with van der Waals surface area (Å²) in [6.07, 6.45) is 4.06. The molecule has 0 spiro atoms. The first-order valence-corrected chi connectivity index (χ1v) is 9.91. The summed E-state index contributed by atoms with van der Waals surface area (Å²) in [5.41, 5.74) is 2.68. The van der Waals surface area contributed by atoms with E-state index in [9.17, 15) is 4.79 Å². The van der Waals surface area contributed by atoms with Crippen LogP contribution in [0.2, 0.25) is 0 Å². The van der Waals surface area contributed by atoms with Crippen molar-refractivity contribution in [3.63, 3.8) is 0 Å². The Balaban J connectivity index is 1.28. The maximum absolute atomic E-state index is 12.8. The van der Waals surface area contributed by atoms with Crippen molar-refractivity contribution in [1.29, 1.82) is 0 Å². The fourth-order valence-electron chi connectivity index (χ4n) is 4.19. The van der Waals surface area contributed by atoms with Crippen molar-refractivity contribution in [3.8, 4) is 11.5 Å². The second-order valence-electron chi connectivity index (χ2n) is 7.53. The molecule has 0 radical (unpaired) electrons. The summed E-state index contributed by atoms with van der Waals surface area (Å²) in [4.78, 5) is 21.0. The zero-order chi connectivity index (χ0) is 18.9. The second-order valence-corrected chi connectivity index (χ2v) is 7.53. The minimum Gasteiger partial charge on any atom is -0.486 e. The first-order chi connectivity index (χ1) is 13.8. The van der Waals surface area contributed by atoms with E-state index in [1.165, 1.54) is 0 Å². The van der Waals surface area contributed by atoms with Crippen molar-refractivity contribution in [2.45, 2.75) is 37.6 Å². The van der Waals surface area contributed by atoms with E-state index < -0.39 is 0 Å². The predicted molar refractivity (Wildman–Crippen MR) is 106 cm³/mol. The molecule has 5 rings (SSSR count). The molecule has 1 unspecified atom stereocenters. The van der Waals surface area contributed by atoms with Crippen LogP contribution in [0.25, 0.3) is 11.0 Å². The summed E-state index contributed by atoms with van der Waals surface area (Å²) in [6, 6.07) is 13.6. The molecule has 1 fully saturated rings. The van der Waals surface area contributed by atoms with Crippen LogP contribution in [0.15, 0.2) is 42.5 Å². The zero-order valence-electron chi connectivity index (χ0n) is 15.6. The van der Waals surface area contributed by atoms with E-state index in [4.69, 9.17) is 14.5 Å². The van der Waals surface area contributed by atoms with Crippen LogP contribution in [0.4, 0.5) is 0 Å². The van der Waals surface area contributed by atoms with E-state index in [2.05, 4.69) is 16.4 Å². The van der Waals surface area contributed by atoms with Gasteiger partial charge in [0.25, 0.3) is 5.91 Å². The van der Waals surface area contributed by atoms with E-state index in [0.29, 0.717) is 36.2 Å². The highest BCUT2D eigenvalue weighted by Gasteiger charge is 2.27. The number of fused-ring (bicyclic) bond motifs is 2. The maximum atomic E-state index is 12.8. The lowest BCUT2D eigenvalue weighted by molar-refractivity contribution is 0.0923. The molecular formula is C22H23N3O3. The van der Waals surface area contributed by atoms with Gasteiger partial charge in [-0.15, -0.1) is 0 Å². The van der Waals surface area contributed by atoms with Gasteiger partial charge in [0.15, 0.2) is 11.5 Å². The number of hydrogen-bond donors (Lipinski definition) is 2. The molecule has 0 bridgehead atoms. The van der Waals surface area contributed by atoms with Gasteiger partial charge in [-0.05, 0) is 49.6 Å². The van der Waals surface area contributed by atoms with Crippen LogP contribution >= 0.6 is 0 Å². The Morgan fingerprint density at radius 1 is 1.07 bits per heavy atom. The summed E-state index contributed by atoms with van der Waals surface area (Å²) >= 11 is 0. The van der Waals surface area contributed by atoms with Gasteiger partial charge in [0.1, 0.15) is 19.0 Å². The standard InChI is InChI=1S/C22H23N3O3/c26-22(15-8-9-19-20(13-15)28-11-10-27-19)23-16-5-3-4-14(12-16)21-24-17-6-1-2-7-18(17)25-21/h1-2,6-9,13-14,16H,3-5,10-12H2,(H,23,26)(H,24,25)/t14-,16?/m1/s1. The molecule has 1 aliphatic carbocycles. The quantitative estimate of drug-likeness (QED) is 0.728. The average Bonchev–Trinajstić information content (AvgIpc) is 3.18. The lowest BCUT2D eigenvalue weighted by atomic mass is 9.85. The van der Waals surface area contributed by atoms with Gasteiger partial charge in [-0.2, -0.15) is 0 Å². The number of carbonyl (C=O) groups is 1. The second kappa shape index (κ2) is 7.19. The molecule has 1 aliphatic heterocycles. The average molecular weight is 377 g/mol. The first kappa shape index (κ1) is 17.1. The van der Waals surface area contributed by atoms with Crippen molar-refractivity contribution >= 4 is 16.9 Å². The number of carbonyl (C=O) groups excluding carboxylic acids is 1. The van der Waals surface area contributed by atoms with Crippen LogP contribution in [-0.2, 0) is 0 Å². The Kier molecular flexibility index (Phi) is 4.39. The largest absolute Gasteiger partial charge is 0.486 e. The molecule has 6 heteroatoms. The molecule has 3 aromatic rings. The predicted octanol–water partition coefficient (Wildman–Crippen LogP) is 3.79. The number of H-pyrrole nitrogens is 1. The van der Waals surface area contributed by atoms with Crippen molar-refractivity contribution in [1.82, 2.24) is 15.3 Å². The fraction of sp³-hybridized carbons (Fsp3) is 0.364. The van der Waals surface area contributed by atoms with Gasteiger partial charge in [0.2, 0.25) is 0 Å². The first-order valence-electron chi connectivity index (χ1n) is 9.91. The third-order valence-electron chi connectivity index (χ3n) is 5.61. The third kappa shape index (κ3) is 3.30. The molecule has 2 N–H and O–H groups in total. The molecule has 2 aliphatic rings. The number of rotatable bonds is 3. The molecule has 28 heavy (non-hydrogen) atoms. The molecule has 144 valence electrons. The van der Waals surface area contributed by atoms with Crippen LogP contribution in [0.5, 0.6) is 11.5 Å². The molecule has 1 amide bonds. The van der Waals surface area contributed by atoms with E-state index in [1.54, 1.807) is 12.1 Å². The van der Waals surface area contributed by atoms with E-state index >= 15 is 0 Å². The van der Waals surface area contributed by atoms with Gasteiger partial charge in [-0.1, -0.05) is 18.6 Å². The highest BCUT2D eigenvalue weighted by atomic mass is 16.6. The number of ether oxygens (including phenoxy) is 2. The highest BCUT2D eigenvalue weighted by molar-refractivity contribution is 5.95. The van der Waals surface area contributed by atoms with Gasteiger partial charge in [-0.25, -0.2) is 4.98 Å². The molecular weight excluding hydrogens is 354 g/mol. The Hall–Kier alpha value is -3.02. The van der Waals surface area contributed by atoms with Gasteiger partial charge in [-0.3, -0.25) is 4.79 Å². The Labute approximate surface area is 163 Å². The summed E-state index contributed by atoms with van der Waals surface area (Å²) < 4.78 is 11.1. The minimum absolute atomic E-state index is 0.0628. The van der Waals surface area contributed by atoms with Gasteiger partial charge >= 0.3 is 0 Å². The monoisotopic (exact) mass is 377 g/mol. The number of imidazole rings is 1. The zero-order valence-corrected chi connectivity index (χ0v) is 15.6. The van der Waals surface area contributed by atoms with E-state index in [0.717, 1.165) is 42.5 Å². The molecule has 2 aromatic carbocycles. The summed E-state index contributed by atoms with van der Waals surface area (Å²) in [5, 5.41) is 3.20. The molecule has 1 aromatic heterocycles. The topological polar surface area (TPSA) is 76.2 Å². The number of benzene rings is 2. The van der Waals surface area contributed by atoms with Gasteiger partial charge in [0.05, 0.1) is 11.0 Å². The van der Waals surface area contributed by atoms with Crippen LogP contribution in [-0.4, -0.2) is 35.1 Å². The fourth-order valence-corrected chi connectivity index (χ4v) is 4.19. The van der Waals surface area contributed by atoms with Crippen LogP contribution < -0.4 is 14.8 Å². The summed E-state index contributed by atoms with van der Waals surface area (Å²) in [7, 11) is 0. The number of para-hydroxylation sites is 2. The molecule has 2 heterocycles. The number of aromatic amines is 1. The lowest BCUT2D eigenvalue weighted by Crippen LogP contribution is -2.38. The SMILES string of the molecule is O=C(NC1CCC[C@@H](c2nc3ccccc3[nH]2)C1)c1ccc2c(c1)OCCO2.